The number of halogens is 1. The van der Waals surface area contributed by atoms with Crippen LogP contribution in [0, 0.1) is 5.92 Å². The van der Waals surface area contributed by atoms with Gasteiger partial charge in [0.25, 0.3) is 0 Å². The van der Waals surface area contributed by atoms with Crippen molar-refractivity contribution in [2.75, 3.05) is 12.4 Å². The third-order valence-electron chi connectivity index (χ3n) is 2.77. The molecule has 0 bridgehead atoms. The molecule has 0 aliphatic carbocycles. The lowest BCUT2D eigenvalue weighted by Gasteiger charge is -2.44. The molecule has 2 aliphatic heterocycles. The number of fused-ring (bicyclic) bond motifs is 1. The molecular weight excluding hydrogens is 281 g/mol. The van der Waals surface area contributed by atoms with Crippen LogP contribution < -0.4 is 5.11 Å². The highest BCUT2D eigenvalue weighted by atomic mass is 32.2. The molecule has 3 atom stereocenters. The zero-order chi connectivity index (χ0) is 13.4. The number of carboxylic acid groups (broad SMARTS) is 1. The Bertz CT molecular complexity index is 426. The van der Waals surface area contributed by atoms with E-state index in [2.05, 4.69) is 0 Å². The first-order valence-electron chi connectivity index (χ1n) is 5.31. The number of thioether (sulfide) groups is 2. The number of carbonyl (C=O) groups excluding carboxylic acids is 2. The third-order valence-corrected chi connectivity index (χ3v) is 5.38. The number of carbonyl (C=O) groups is 2. The molecule has 1 N–H and O–H groups in total. The maximum Gasteiger partial charge on any atom is 0.236 e. The van der Waals surface area contributed by atoms with E-state index in [9.17, 15) is 24.2 Å². The summed E-state index contributed by atoms with van der Waals surface area (Å²) in [7, 11) is 0. The van der Waals surface area contributed by atoms with Crippen molar-refractivity contribution in [3.05, 3.63) is 9.93 Å². The maximum absolute atomic E-state index is 12.1. The van der Waals surface area contributed by atoms with Gasteiger partial charge in [-0.3, -0.25) is 14.1 Å². The van der Waals surface area contributed by atoms with Gasteiger partial charge >= 0.3 is 0 Å². The summed E-state index contributed by atoms with van der Waals surface area (Å²) in [6.07, 6.45) is -0.834. The molecule has 1 amide bonds. The van der Waals surface area contributed by atoms with E-state index in [-0.39, 0.29) is 11.4 Å². The van der Waals surface area contributed by atoms with Gasteiger partial charge in [-0.15, -0.1) is 11.8 Å². The molecule has 0 aromatic carbocycles. The van der Waals surface area contributed by atoms with Gasteiger partial charge in [-0.05, 0) is 6.92 Å². The number of hydrogen-bond acceptors (Lipinski definition) is 6. The van der Waals surface area contributed by atoms with Crippen LogP contribution in [0.3, 0.4) is 0 Å². The number of β-lactam (4-membered cyclic amide) rings is 1. The van der Waals surface area contributed by atoms with Crippen LogP contribution in [0.5, 0.6) is 0 Å². The summed E-state index contributed by atoms with van der Waals surface area (Å²) in [6.45, 7) is 0.916. The Hall–Kier alpha value is -0.730. The van der Waals surface area contributed by atoms with Crippen molar-refractivity contribution >= 4 is 35.4 Å². The number of aliphatic carboxylic acids is 1. The van der Waals surface area contributed by atoms with E-state index in [1.54, 1.807) is 0 Å². The average Bonchev–Trinajstić information content (AvgIpc) is 2.60. The summed E-state index contributed by atoms with van der Waals surface area (Å²) in [5.74, 6) is -2.33. The van der Waals surface area contributed by atoms with Gasteiger partial charge in [-0.25, -0.2) is 0 Å². The third kappa shape index (κ3) is 2.02. The fourth-order valence-electron chi connectivity index (χ4n) is 1.97. The second-order valence-electron chi connectivity index (χ2n) is 3.94. The first kappa shape index (κ1) is 13.7. The molecular formula is C10H11FNO4S2-. The molecule has 0 aromatic rings. The number of amides is 1. The molecule has 8 heteroatoms. The summed E-state index contributed by atoms with van der Waals surface area (Å²) >= 11 is 2.23. The normalized spacial score (nSPS) is 28.2. The van der Waals surface area contributed by atoms with Crippen LogP contribution >= 0.6 is 23.5 Å². The fourth-order valence-corrected chi connectivity index (χ4v) is 4.69. The van der Waals surface area contributed by atoms with E-state index >= 15 is 0 Å². The van der Waals surface area contributed by atoms with E-state index < -0.39 is 35.9 Å². The van der Waals surface area contributed by atoms with Crippen LogP contribution in [0.2, 0.25) is 0 Å². The highest BCUT2D eigenvalue weighted by Crippen LogP contribution is 2.53. The monoisotopic (exact) mass is 292 g/mol. The molecule has 100 valence electrons. The SMILES string of the molecule is CC(O)C1C(=O)N2C(C(=O)[O-])=C(SCCF)S[C@H]12. The summed E-state index contributed by atoms with van der Waals surface area (Å²) in [4.78, 5) is 23.9. The zero-order valence-corrected chi connectivity index (χ0v) is 11.1. The van der Waals surface area contributed by atoms with Gasteiger partial charge in [0.05, 0.1) is 34.6 Å². The second-order valence-corrected chi connectivity index (χ2v) is 6.43. The van der Waals surface area contributed by atoms with Crippen molar-refractivity contribution in [1.29, 1.82) is 0 Å². The summed E-state index contributed by atoms with van der Waals surface area (Å²) < 4.78 is 12.5. The van der Waals surface area contributed by atoms with Crippen molar-refractivity contribution in [3.8, 4) is 0 Å². The summed E-state index contributed by atoms with van der Waals surface area (Å²) in [5, 5.41) is 20.1. The topological polar surface area (TPSA) is 80.7 Å². The number of alkyl halides is 1. The van der Waals surface area contributed by atoms with Gasteiger partial charge in [0, 0.05) is 5.75 Å². The molecule has 1 fully saturated rings. The van der Waals surface area contributed by atoms with Gasteiger partial charge in [-0.1, -0.05) is 11.8 Å². The van der Waals surface area contributed by atoms with Crippen LogP contribution in [0.1, 0.15) is 6.92 Å². The molecule has 0 aromatic heterocycles. The van der Waals surface area contributed by atoms with E-state index in [0.717, 1.165) is 16.7 Å². The zero-order valence-electron chi connectivity index (χ0n) is 9.46. The number of hydrogen-bond donors (Lipinski definition) is 1. The maximum atomic E-state index is 12.1. The molecule has 0 saturated carbocycles. The minimum absolute atomic E-state index is 0.132. The average molecular weight is 292 g/mol. The lowest BCUT2D eigenvalue weighted by molar-refractivity contribution is -0.301. The molecule has 2 unspecified atom stereocenters. The van der Waals surface area contributed by atoms with Crippen molar-refractivity contribution in [1.82, 2.24) is 4.90 Å². The van der Waals surface area contributed by atoms with Gasteiger partial charge < -0.3 is 15.0 Å². The van der Waals surface area contributed by atoms with Crippen LogP contribution in [0.15, 0.2) is 9.93 Å². The van der Waals surface area contributed by atoms with Gasteiger partial charge in [0.15, 0.2) is 0 Å². The van der Waals surface area contributed by atoms with Crippen molar-refractivity contribution in [3.63, 3.8) is 0 Å². The van der Waals surface area contributed by atoms with Crippen LogP contribution in [0.4, 0.5) is 4.39 Å². The fraction of sp³-hybridized carbons (Fsp3) is 0.600. The number of aliphatic hydroxyl groups excluding tert-OH is 1. The molecule has 18 heavy (non-hydrogen) atoms. The van der Waals surface area contributed by atoms with Crippen molar-refractivity contribution < 1.29 is 24.2 Å². The first-order chi connectivity index (χ1) is 8.49. The van der Waals surface area contributed by atoms with E-state index in [4.69, 9.17) is 0 Å². The van der Waals surface area contributed by atoms with E-state index in [1.807, 2.05) is 0 Å². The number of nitrogens with zero attached hydrogens (tertiary/aromatic N) is 1. The second kappa shape index (κ2) is 5.10. The molecule has 2 aliphatic rings. The van der Waals surface area contributed by atoms with Crippen LogP contribution in [-0.2, 0) is 9.59 Å². The number of carboxylic acids is 1. The number of aliphatic hydroxyl groups is 1. The van der Waals surface area contributed by atoms with Crippen molar-refractivity contribution in [2.45, 2.75) is 18.4 Å². The molecule has 5 nitrogen and oxygen atoms in total. The van der Waals surface area contributed by atoms with E-state index in [1.165, 1.54) is 18.7 Å². The minimum atomic E-state index is -1.44. The Morgan fingerprint density at radius 3 is 2.89 bits per heavy atom. The Morgan fingerprint density at radius 2 is 2.39 bits per heavy atom. The molecule has 2 heterocycles. The smallest absolute Gasteiger partial charge is 0.236 e. The molecule has 0 spiro atoms. The predicted octanol–water partition coefficient (Wildman–Crippen LogP) is -0.480. The largest absolute Gasteiger partial charge is 0.543 e. The highest BCUT2D eigenvalue weighted by Gasteiger charge is 2.56. The lowest BCUT2D eigenvalue weighted by atomic mass is 9.92. The van der Waals surface area contributed by atoms with Gasteiger partial charge in [-0.2, -0.15) is 0 Å². The lowest BCUT2D eigenvalue weighted by Crippen LogP contribution is -2.61. The minimum Gasteiger partial charge on any atom is -0.543 e. The summed E-state index contributed by atoms with van der Waals surface area (Å²) in [6, 6.07) is 0. The van der Waals surface area contributed by atoms with Crippen LogP contribution in [-0.4, -0.2) is 45.8 Å². The summed E-state index contributed by atoms with van der Waals surface area (Å²) in [5.41, 5.74) is -0.189. The molecule has 2 rings (SSSR count). The Balaban J connectivity index is 2.21. The standard InChI is InChI=1S/C10H12FNO4S2/c1-4(13)5-7(14)12-6(9(15)16)10(17-3-2-11)18-8(5)12/h4-5,8,13H,2-3H2,1H3,(H,15,16)/p-1/t4?,5?,8-/m1/s1. The van der Waals surface area contributed by atoms with Crippen LogP contribution in [0.25, 0.3) is 0 Å². The highest BCUT2D eigenvalue weighted by molar-refractivity contribution is 8.22. The van der Waals surface area contributed by atoms with Crippen molar-refractivity contribution in [2.24, 2.45) is 5.92 Å². The van der Waals surface area contributed by atoms with E-state index in [0.29, 0.717) is 4.24 Å². The predicted molar refractivity (Wildman–Crippen MR) is 63.9 cm³/mol. The molecule has 1 saturated heterocycles. The molecule has 0 radical (unpaired) electrons. The first-order valence-corrected chi connectivity index (χ1v) is 7.17. The Kier molecular flexibility index (Phi) is 3.88. The quantitative estimate of drug-likeness (QED) is 0.689. The van der Waals surface area contributed by atoms with Gasteiger partial charge in [0.1, 0.15) is 5.37 Å². The number of rotatable bonds is 5. The Labute approximate surface area is 111 Å². The Morgan fingerprint density at radius 1 is 1.72 bits per heavy atom. The van der Waals surface area contributed by atoms with Gasteiger partial charge in [0.2, 0.25) is 5.91 Å².